The van der Waals surface area contributed by atoms with Gasteiger partial charge in [0.25, 0.3) is 5.91 Å². The predicted octanol–water partition coefficient (Wildman–Crippen LogP) is 4.14. The van der Waals surface area contributed by atoms with E-state index in [2.05, 4.69) is 15.6 Å². The zero-order chi connectivity index (χ0) is 17.7. The summed E-state index contributed by atoms with van der Waals surface area (Å²) in [5.41, 5.74) is 1.90. The van der Waals surface area contributed by atoms with Crippen molar-refractivity contribution in [3.63, 3.8) is 0 Å². The van der Waals surface area contributed by atoms with Crippen molar-refractivity contribution in [2.45, 2.75) is 46.3 Å². The highest BCUT2D eigenvalue weighted by Gasteiger charge is 2.15. The topological polar surface area (TPSA) is 63.2 Å². The minimum atomic E-state index is -0.285. The Bertz CT molecular complexity index is 689. The van der Waals surface area contributed by atoms with Gasteiger partial charge in [-0.15, -0.1) is 0 Å². The number of nitrogens with zero attached hydrogens (tertiary/aromatic N) is 1. The molecule has 0 saturated heterocycles. The molecule has 0 spiro atoms. The van der Waals surface area contributed by atoms with Gasteiger partial charge in [0.15, 0.2) is 0 Å². The smallest absolute Gasteiger partial charge is 0.253 e. The van der Waals surface area contributed by atoms with Crippen LogP contribution in [0.5, 0.6) is 5.75 Å². The van der Waals surface area contributed by atoms with E-state index < -0.39 is 0 Å². The van der Waals surface area contributed by atoms with Crippen LogP contribution in [-0.2, 0) is 0 Å². The molecule has 2 aromatic rings. The second kappa shape index (κ2) is 7.34. The molecular weight excluding hydrogens is 302 g/mol. The molecule has 0 aliphatic heterocycles. The predicted molar refractivity (Wildman–Crippen MR) is 96.9 cm³/mol. The number of ether oxygens (including phenoxy) is 1. The van der Waals surface area contributed by atoms with Crippen LogP contribution in [0.4, 0.5) is 11.4 Å². The summed E-state index contributed by atoms with van der Waals surface area (Å²) >= 11 is 0. The molecule has 1 amide bonds. The van der Waals surface area contributed by atoms with E-state index in [1.54, 1.807) is 18.5 Å². The first-order chi connectivity index (χ1) is 11.2. The van der Waals surface area contributed by atoms with Crippen molar-refractivity contribution in [3.05, 3.63) is 48.3 Å². The minimum absolute atomic E-state index is 0.140. The van der Waals surface area contributed by atoms with E-state index >= 15 is 0 Å². The number of anilines is 2. The zero-order valence-electron chi connectivity index (χ0n) is 14.9. The monoisotopic (exact) mass is 327 g/mol. The highest BCUT2D eigenvalue weighted by atomic mass is 16.5. The first-order valence-corrected chi connectivity index (χ1v) is 8.04. The molecule has 5 heteroatoms. The van der Waals surface area contributed by atoms with Crippen LogP contribution >= 0.6 is 0 Å². The number of amides is 1. The molecule has 24 heavy (non-hydrogen) atoms. The Kier molecular flexibility index (Phi) is 5.44. The van der Waals surface area contributed by atoms with Crippen molar-refractivity contribution >= 4 is 17.3 Å². The van der Waals surface area contributed by atoms with Gasteiger partial charge in [0, 0.05) is 17.4 Å². The summed E-state index contributed by atoms with van der Waals surface area (Å²) in [6.45, 7) is 9.82. The number of carbonyl (C=O) groups is 1. The molecule has 128 valence electrons. The van der Waals surface area contributed by atoms with Gasteiger partial charge >= 0.3 is 0 Å². The third-order valence-electron chi connectivity index (χ3n) is 3.00. The SMILES string of the molecule is CC(C)Oc1ccc(Nc2cncc(C(=O)NC(C)(C)C)c2)cc1. The number of pyridine rings is 1. The van der Waals surface area contributed by atoms with Crippen LogP contribution < -0.4 is 15.4 Å². The van der Waals surface area contributed by atoms with Crippen molar-refractivity contribution in [2.24, 2.45) is 0 Å². The molecule has 0 radical (unpaired) electrons. The maximum absolute atomic E-state index is 12.2. The first-order valence-electron chi connectivity index (χ1n) is 8.04. The number of hydrogen-bond acceptors (Lipinski definition) is 4. The van der Waals surface area contributed by atoms with E-state index in [4.69, 9.17) is 4.74 Å². The van der Waals surface area contributed by atoms with Crippen LogP contribution in [0.25, 0.3) is 0 Å². The Labute approximate surface area is 143 Å². The quantitative estimate of drug-likeness (QED) is 0.866. The number of aromatic nitrogens is 1. The van der Waals surface area contributed by atoms with Gasteiger partial charge in [0.1, 0.15) is 5.75 Å². The zero-order valence-corrected chi connectivity index (χ0v) is 14.9. The summed E-state index contributed by atoms with van der Waals surface area (Å²) in [6, 6.07) is 9.46. The Morgan fingerprint density at radius 1 is 1.08 bits per heavy atom. The van der Waals surface area contributed by atoms with Gasteiger partial charge in [-0.3, -0.25) is 9.78 Å². The van der Waals surface area contributed by atoms with E-state index in [0.29, 0.717) is 5.56 Å². The van der Waals surface area contributed by atoms with Gasteiger partial charge in [0.05, 0.1) is 23.6 Å². The van der Waals surface area contributed by atoms with Crippen LogP contribution in [0.15, 0.2) is 42.7 Å². The average molecular weight is 327 g/mol. The van der Waals surface area contributed by atoms with Crippen LogP contribution in [-0.4, -0.2) is 22.5 Å². The van der Waals surface area contributed by atoms with Crippen LogP contribution in [0.2, 0.25) is 0 Å². The second-order valence-corrected chi connectivity index (χ2v) is 6.98. The number of benzene rings is 1. The summed E-state index contributed by atoms with van der Waals surface area (Å²) in [5.74, 6) is 0.686. The molecular formula is C19H25N3O2. The normalized spacial score (nSPS) is 11.2. The molecule has 1 heterocycles. The molecule has 5 nitrogen and oxygen atoms in total. The molecule has 0 aliphatic rings. The lowest BCUT2D eigenvalue weighted by Gasteiger charge is -2.20. The largest absolute Gasteiger partial charge is 0.491 e. The van der Waals surface area contributed by atoms with Crippen molar-refractivity contribution in [2.75, 3.05) is 5.32 Å². The van der Waals surface area contributed by atoms with Gasteiger partial charge in [-0.05, 0) is 65.0 Å². The van der Waals surface area contributed by atoms with Crippen LogP contribution in [0.1, 0.15) is 45.0 Å². The van der Waals surface area contributed by atoms with Crippen molar-refractivity contribution in [1.29, 1.82) is 0 Å². The third-order valence-corrected chi connectivity index (χ3v) is 3.00. The van der Waals surface area contributed by atoms with Crippen molar-refractivity contribution < 1.29 is 9.53 Å². The summed E-state index contributed by atoms with van der Waals surface area (Å²) in [7, 11) is 0. The fraction of sp³-hybridized carbons (Fsp3) is 0.368. The lowest BCUT2D eigenvalue weighted by Crippen LogP contribution is -2.40. The molecule has 0 aliphatic carbocycles. The minimum Gasteiger partial charge on any atom is -0.491 e. The van der Waals surface area contributed by atoms with Gasteiger partial charge in [0.2, 0.25) is 0 Å². The Hall–Kier alpha value is -2.56. The summed E-state index contributed by atoms with van der Waals surface area (Å²) in [5, 5.41) is 6.17. The standard InChI is InChI=1S/C19H25N3O2/c1-13(2)24-17-8-6-15(7-9-17)21-16-10-14(11-20-12-16)18(23)22-19(3,4)5/h6-13,21H,1-5H3,(H,22,23). The fourth-order valence-electron chi connectivity index (χ4n) is 2.10. The lowest BCUT2D eigenvalue weighted by atomic mass is 10.1. The van der Waals surface area contributed by atoms with Crippen LogP contribution in [0, 0.1) is 0 Å². The van der Waals surface area contributed by atoms with Crippen molar-refractivity contribution in [1.82, 2.24) is 10.3 Å². The van der Waals surface area contributed by atoms with E-state index in [0.717, 1.165) is 17.1 Å². The first kappa shape index (κ1) is 17.8. The molecule has 0 unspecified atom stereocenters. The maximum Gasteiger partial charge on any atom is 0.253 e. The molecule has 2 rings (SSSR count). The summed E-state index contributed by atoms with van der Waals surface area (Å²) in [4.78, 5) is 16.4. The molecule has 0 atom stereocenters. The van der Waals surface area contributed by atoms with E-state index in [-0.39, 0.29) is 17.6 Å². The number of hydrogen-bond donors (Lipinski definition) is 2. The molecule has 1 aromatic heterocycles. The molecule has 2 N–H and O–H groups in total. The fourth-order valence-corrected chi connectivity index (χ4v) is 2.10. The van der Waals surface area contributed by atoms with E-state index in [1.165, 1.54) is 0 Å². The van der Waals surface area contributed by atoms with Gasteiger partial charge in [-0.2, -0.15) is 0 Å². The van der Waals surface area contributed by atoms with Crippen LogP contribution in [0.3, 0.4) is 0 Å². The third kappa shape index (κ3) is 5.57. The number of rotatable bonds is 5. The molecule has 0 bridgehead atoms. The van der Waals surface area contributed by atoms with Gasteiger partial charge in [-0.1, -0.05) is 0 Å². The van der Waals surface area contributed by atoms with E-state index in [1.807, 2.05) is 58.9 Å². The number of carbonyl (C=O) groups excluding carboxylic acids is 1. The Morgan fingerprint density at radius 2 is 1.75 bits per heavy atom. The summed E-state index contributed by atoms with van der Waals surface area (Å²) < 4.78 is 5.62. The summed E-state index contributed by atoms with van der Waals surface area (Å²) in [6.07, 6.45) is 3.39. The van der Waals surface area contributed by atoms with Gasteiger partial charge < -0.3 is 15.4 Å². The molecule has 1 aromatic carbocycles. The number of nitrogens with one attached hydrogen (secondary N) is 2. The van der Waals surface area contributed by atoms with E-state index in [9.17, 15) is 4.79 Å². The average Bonchev–Trinajstić information content (AvgIpc) is 2.47. The lowest BCUT2D eigenvalue weighted by molar-refractivity contribution is 0.0919. The highest BCUT2D eigenvalue weighted by molar-refractivity contribution is 5.95. The molecule has 0 fully saturated rings. The van der Waals surface area contributed by atoms with Gasteiger partial charge in [-0.25, -0.2) is 0 Å². The van der Waals surface area contributed by atoms with Crippen molar-refractivity contribution in [3.8, 4) is 5.75 Å². The molecule has 0 saturated carbocycles. The Balaban J connectivity index is 2.08. The Morgan fingerprint density at radius 3 is 2.33 bits per heavy atom. The highest BCUT2D eigenvalue weighted by Crippen LogP contribution is 2.21. The maximum atomic E-state index is 12.2. The second-order valence-electron chi connectivity index (χ2n) is 6.98.